The molecule has 0 fully saturated rings. The molecule has 0 radical (unpaired) electrons. The van der Waals surface area contributed by atoms with E-state index in [9.17, 15) is 9.90 Å². The lowest BCUT2D eigenvalue weighted by Crippen LogP contribution is -2.43. The fraction of sp³-hybridized carbons (Fsp3) is 0.278. The molecule has 2 rings (SSSR count). The third-order valence-electron chi connectivity index (χ3n) is 3.39. The molecule has 0 aliphatic carbocycles. The van der Waals surface area contributed by atoms with Crippen molar-refractivity contribution in [3.8, 4) is 11.5 Å². The molecule has 0 saturated carbocycles. The summed E-state index contributed by atoms with van der Waals surface area (Å²) >= 11 is 0. The highest BCUT2D eigenvalue weighted by Crippen LogP contribution is 2.23. The summed E-state index contributed by atoms with van der Waals surface area (Å²) in [4.78, 5) is 11.7. The van der Waals surface area contributed by atoms with Gasteiger partial charge in [0.2, 0.25) is 5.60 Å². The summed E-state index contributed by atoms with van der Waals surface area (Å²) < 4.78 is 11.1. The van der Waals surface area contributed by atoms with Gasteiger partial charge in [-0.25, -0.2) is 4.79 Å². The van der Waals surface area contributed by atoms with Crippen LogP contribution in [-0.2, 0) is 11.2 Å². The average Bonchev–Trinajstić information content (AvgIpc) is 2.55. The summed E-state index contributed by atoms with van der Waals surface area (Å²) in [5, 5.41) is 9.56. The Balaban J connectivity index is 2.11. The number of benzene rings is 2. The van der Waals surface area contributed by atoms with Gasteiger partial charge in [-0.05, 0) is 36.8 Å². The number of carbonyl (C=O) groups is 1. The van der Waals surface area contributed by atoms with Crippen molar-refractivity contribution in [3.63, 3.8) is 0 Å². The largest absolute Gasteiger partial charge is 0.492 e. The van der Waals surface area contributed by atoms with Crippen LogP contribution in [0.1, 0.15) is 12.5 Å². The lowest BCUT2D eigenvalue weighted by Gasteiger charge is -2.26. The Morgan fingerprint density at radius 2 is 1.74 bits per heavy atom. The third-order valence-corrected chi connectivity index (χ3v) is 3.39. The molecule has 23 heavy (non-hydrogen) atoms. The van der Waals surface area contributed by atoms with Gasteiger partial charge in [-0.2, -0.15) is 0 Å². The number of aliphatic carboxylic acids is 1. The predicted octanol–water partition coefficient (Wildman–Crippen LogP) is 2.49. The van der Waals surface area contributed by atoms with Crippen molar-refractivity contribution in [2.75, 3.05) is 13.2 Å². The minimum Gasteiger partial charge on any atom is -0.492 e. The van der Waals surface area contributed by atoms with Gasteiger partial charge >= 0.3 is 5.97 Å². The van der Waals surface area contributed by atoms with Crippen molar-refractivity contribution in [1.29, 1.82) is 0 Å². The normalized spacial score (nSPS) is 13.1. The van der Waals surface area contributed by atoms with Gasteiger partial charge in [0.1, 0.15) is 18.1 Å². The van der Waals surface area contributed by atoms with E-state index in [1.54, 1.807) is 43.3 Å². The Morgan fingerprint density at radius 3 is 2.30 bits per heavy atom. The molecule has 0 heterocycles. The van der Waals surface area contributed by atoms with Gasteiger partial charge in [-0.1, -0.05) is 30.3 Å². The first-order chi connectivity index (χ1) is 11.0. The van der Waals surface area contributed by atoms with Crippen molar-refractivity contribution in [3.05, 3.63) is 60.2 Å². The van der Waals surface area contributed by atoms with Gasteiger partial charge in [-0.3, -0.25) is 0 Å². The summed E-state index contributed by atoms with van der Waals surface area (Å²) in [6.45, 7) is 2.47. The molecule has 2 aromatic carbocycles. The fourth-order valence-corrected chi connectivity index (χ4v) is 2.17. The third kappa shape index (κ3) is 4.72. The molecule has 0 aliphatic rings. The first-order valence-corrected chi connectivity index (χ1v) is 7.43. The molecule has 0 saturated heterocycles. The smallest absolute Gasteiger partial charge is 0.348 e. The van der Waals surface area contributed by atoms with E-state index in [1.165, 1.54) is 0 Å². The van der Waals surface area contributed by atoms with Crippen molar-refractivity contribution < 1.29 is 19.4 Å². The molecule has 5 nitrogen and oxygen atoms in total. The van der Waals surface area contributed by atoms with Crippen LogP contribution in [0.5, 0.6) is 11.5 Å². The van der Waals surface area contributed by atoms with Crippen LogP contribution in [-0.4, -0.2) is 29.8 Å². The number of hydrogen-bond donors (Lipinski definition) is 2. The van der Waals surface area contributed by atoms with E-state index in [4.69, 9.17) is 15.2 Å². The number of para-hydroxylation sites is 1. The monoisotopic (exact) mass is 315 g/mol. The van der Waals surface area contributed by atoms with Crippen molar-refractivity contribution in [2.24, 2.45) is 5.73 Å². The fourth-order valence-electron chi connectivity index (χ4n) is 2.17. The molecule has 0 bridgehead atoms. The van der Waals surface area contributed by atoms with Gasteiger partial charge in [0.15, 0.2) is 0 Å². The van der Waals surface area contributed by atoms with Gasteiger partial charge < -0.3 is 20.3 Å². The zero-order valence-corrected chi connectivity index (χ0v) is 13.1. The van der Waals surface area contributed by atoms with E-state index in [2.05, 4.69) is 0 Å². The maximum atomic E-state index is 11.7. The van der Waals surface area contributed by atoms with E-state index < -0.39 is 11.6 Å². The molecule has 1 atom stereocenters. The van der Waals surface area contributed by atoms with Crippen LogP contribution in [0.2, 0.25) is 0 Å². The molecule has 3 N–H and O–H groups in total. The van der Waals surface area contributed by atoms with Gasteiger partial charge in [0.05, 0.1) is 0 Å². The van der Waals surface area contributed by atoms with E-state index in [0.717, 1.165) is 5.56 Å². The predicted molar refractivity (Wildman–Crippen MR) is 87.8 cm³/mol. The molecule has 2 aromatic rings. The van der Waals surface area contributed by atoms with Crippen LogP contribution >= 0.6 is 0 Å². The summed E-state index contributed by atoms with van der Waals surface area (Å²) in [5.41, 5.74) is 4.90. The van der Waals surface area contributed by atoms with Crippen LogP contribution in [0.3, 0.4) is 0 Å². The van der Waals surface area contributed by atoms with E-state index in [0.29, 0.717) is 24.7 Å². The highest BCUT2D eigenvalue weighted by atomic mass is 16.5. The van der Waals surface area contributed by atoms with Crippen LogP contribution < -0.4 is 15.2 Å². The maximum Gasteiger partial charge on any atom is 0.348 e. The molecule has 122 valence electrons. The molecule has 0 amide bonds. The van der Waals surface area contributed by atoms with Crippen LogP contribution in [0.4, 0.5) is 0 Å². The second kappa shape index (κ2) is 7.65. The van der Waals surface area contributed by atoms with Crippen LogP contribution in [0.25, 0.3) is 0 Å². The first-order valence-electron chi connectivity index (χ1n) is 7.43. The zero-order chi connectivity index (χ0) is 16.7. The van der Waals surface area contributed by atoms with Gasteiger partial charge in [0, 0.05) is 13.0 Å². The molecule has 5 heteroatoms. The Kier molecular flexibility index (Phi) is 5.60. The van der Waals surface area contributed by atoms with Crippen molar-refractivity contribution >= 4 is 5.97 Å². The Bertz CT molecular complexity index is 627. The standard InChI is InChI=1S/C18H21NO4/c1-18(17(20)21,23-16-5-3-2-4-6-16)13-14-7-9-15(10-8-14)22-12-11-19/h2-10H,11-13,19H2,1H3,(H,20,21). The number of hydrogen-bond acceptors (Lipinski definition) is 4. The maximum absolute atomic E-state index is 11.7. The molecular weight excluding hydrogens is 294 g/mol. The van der Waals surface area contributed by atoms with Crippen LogP contribution in [0.15, 0.2) is 54.6 Å². The minimum absolute atomic E-state index is 0.244. The summed E-state index contributed by atoms with van der Waals surface area (Å²) in [6.07, 6.45) is 0.244. The van der Waals surface area contributed by atoms with Gasteiger partial charge in [0.25, 0.3) is 0 Å². The van der Waals surface area contributed by atoms with E-state index in [1.807, 2.05) is 18.2 Å². The average molecular weight is 315 g/mol. The number of carboxylic acid groups (broad SMARTS) is 1. The second-order valence-electron chi connectivity index (χ2n) is 5.41. The summed E-state index contributed by atoms with van der Waals surface area (Å²) in [6, 6.07) is 16.2. The highest BCUT2D eigenvalue weighted by Gasteiger charge is 2.36. The Labute approximate surface area is 135 Å². The lowest BCUT2D eigenvalue weighted by atomic mass is 9.96. The zero-order valence-electron chi connectivity index (χ0n) is 13.1. The Hall–Kier alpha value is -2.53. The highest BCUT2D eigenvalue weighted by molar-refractivity contribution is 5.78. The number of rotatable bonds is 8. The molecule has 0 aromatic heterocycles. The van der Waals surface area contributed by atoms with Gasteiger partial charge in [-0.15, -0.1) is 0 Å². The lowest BCUT2D eigenvalue weighted by molar-refractivity contribution is -0.153. The van der Waals surface area contributed by atoms with Crippen molar-refractivity contribution in [1.82, 2.24) is 0 Å². The SMILES string of the molecule is CC(Cc1ccc(OCCN)cc1)(Oc1ccccc1)C(=O)O. The van der Waals surface area contributed by atoms with Crippen molar-refractivity contribution in [2.45, 2.75) is 18.9 Å². The quantitative estimate of drug-likeness (QED) is 0.782. The molecule has 1 unspecified atom stereocenters. The Morgan fingerprint density at radius 1 is 1.09 bits per heavy atom. The topological polar surface area (TPSA) is 81.8 Å². The summed E-state index contributed by atoms with van der Waals surface area (Å²) in [5.74, 6) is 0.227. The number of ether oxygens (including phenoxy) is 2. The van der Waals surface area contributed by atoms with E-state index >= 15 is 0 Å². The van der Waals surface area contributed by atoms with Crippen LogP contribution in [0, 0.1) is 0 Å². The molecule has 0 spiro atoms. The number of nitrogens with two attached hydrogens (primary N) is 1. The molecule has 0 aliphatic heterocycles. The first kappa shape index (κ1) is 16.8. The second-order valence-corrected chi connectivity index (χ2v) is 5.41. The summed E-state index contributed by atoms with van der Waals surface area (Å²) in [7, 11) is 0. The minimum atomic E-state index is -1.35. The number of carboxylic acids is 1. The molecular formula is C18H21NO4. The van der Waals surface area contributed by atoms with E-state index in [-0.39, 0.29) is 6.42 Å².